The predicted molar refractivity (Wildman–Crippen MR) is 83.9 cm³/mol. The monoisotopic (exact) mass is 289 g/mol. The number of aromatic carboxylic acids is 1. The van der Waals surface area contributed by atoms with Gasteiger partial charge in [-0.1, -0.05) is 13.3 Å². The molecule has 2 rings (SSSR count). The van der Waals surface area contributed by atoms with Crippen molar-refractivity contribution in [1.29, 1.82) is 0 Å². The number of rotatable bonds is 7. The van der Waals surface area contributed by atoms with Gasteiger partial charge >= 0.3 is 5.97 Å². The minimum atomic E-state index is -0.894. The molecule has 0 aliphatic carbocycles. The van der Waals surface area contributed by atoms with E-state index in [2.05, 4.69) is 17.7 Å². The Bertz CT molecular complexity index is 643. The lowest BCUT2D eigenvalue weighted by Crippen LogP contribution is -2.00. The average Bonchev–Trinajstić information content (AvgIpc) is 2.81. The summed E-state index contributed by atoms with van der Waals surface area (Å²) in [5.41, 5.74) is 3.58. The second-order valence-corrected chi connectivity index (χ2v) is 5.52. The summed E-state index contributed by atoms with van der Waals surface area (Å²) < 4.78 is 2.23. The Morgan fingerprint density at radius 3 is 2.67 bits per heavy atom. The van der Waals surface area contributed by atoms with Crippen molar-refractivity contribution in [2.75, 3.05) is 6.61 Å². The molecular formula is C17H23NO3. The number of carboxylic acid groups (broad SMARTS) is 1. The number of unbranched alkanes of at least 4 members (excludes halogenated alkanes) is 1. The van der Waals surface area contributed by atoms with Crippen molar-refractivity contribution < 1.29 is 15.0 Å². The molecule has 4 heteroatoms. The van der Waals surface area contributed by atoms with Gasteiger partial charge < -0.3 is 14.8 Å². The van der Waals surface area contributed by atoms with Gasteiger partial charge in [0.25, 0.3) is 0 Å². The van der Waals surface area contributed by atoms with Crippen molar-refractivity contribution in [3.05, 3.63) is 35.0 Å². The maximum absolute atomic E-state index is 11.3. The Balaban J connectivity index is 2.56. The highest BCUT2D eigenvalue weighted by Gasteiger charge is 2.14. The summed E-state index contributed by atoms with van der Waals surface area (Å²) in [4.78, 5) is 11.3. The molecule has 0 aliphatic rings. The van der Waals surface area contributed by atoms with Crippen molar-refractivity contribution in [3.63, 3.8) is 0 Å². The van der Waals surface area contributed by atoms with Crippen LogP contribution in [0, 0.1) is 6.92 Å². The van der Waals surface area contributed by atoms with Crippen LogP contribution in [-0.4, -0.2) is 27.4 Å². The minimum absolute atomic E-state index is 0.152. The SMILES string of the molecule is CCCCn1cc(CCCO)c2cc(C(=O)O)cc(C)c21. The molecule has 0 spiro atoms. The van der Waals surface area contributed by atoms with Gasteiger partial charge in [-0.25, -0.2) is 4.79 Å². The molecule has 0 unspecified atom stereocenters. The number of aryl methyl sites for hydroxylation is 3. The van der Waals surface area contributed by atoms with Crippen molar-refractivity contribution in [3.8, 4) is 0 Å². The molecule has 1 heterocycles. The lowest BCUT2D eigenvalue weighted by molar-refractivity contribution is 0.0697. The van der Waals surface area contributed by atoms with Gasteiger partial charge in [0.2, 0.25) is 0 Å². The van der Waals surface area contributed by atoms with E-state index in [0.29, 0.717) is 12.0 Å². The standard InChI is InChI=1S/C17H23NO3/c1-3-4-7-18-11-13(6-5-8-19)15-10-14(17(20)21)9-12(2)16(15)18/h9-11,19H,3-8H2,1-2H3,(H,20,21). The first kappa shape index (κ1) is 15.6. The van der Waals surface area contributed by atoms with E-state index in [0.717, 1.165) is 47.8 Å². The Morgan fingerprint density at radius 2 is 2.05 bits per heavy atom. The summed E-state index contributed by atoms with van der Waals surface area (Å²) in [5.74, 6) is -0.894. The molecule has 2 aromatic rings. The van der Waals surface area contributed by atoms with Gasteiger partial charge in [0, 0.05) is 24.7 Å². The summed E-state index contributed by atoms with van der Waals surface area (Å²) in [6, 6.07) is 3.50. The Hall–Kier alpha value is -1.81. The quantitative estimate of drug-likeness (QED) is 0.821. The smallest absolute Gasteiger partial charge is 0.335 e. The fourth-order valence-corrected chi connectivity index (χ4v) is 2.82. The Kier molecular flexibility index (Phi) is 5.02. The van der Waals surface area contributed by atoms with E-state index in [1.54, 1.807) is 12.1 Å². The van der Waals surface area contributed by atoms with Gasteiger partial charge in [-0.3, -0.25) is 0 Å². The van der Waals surface area contributed by atoms with E-state index >= 15 is 0 Å². The normalized spacial score (nSPS) is 11.2. The zero-order valence-corrected chi connectivity index (χ0v) is 12.7. The molecule has 0 atom stereocenters. The van der Waals surface area contributed by atoms with Crippen LogP contribution in [0.2, 0.25) is 0 Å². The second kappa shape index (κ2) is 6.76. The predicted octanol–water partition coefficient (Wildman–Crippen LogP) is 3.37. The highest BCUT2D eigenvalue weighted by Crippen LogP contribution is 2.28. The van der Waals surface area contributed by atoms with E-state index in [1.165, 1.54) is 0 Å². The van der Waals surface area contributed by atoms with Crippen LogP contribution in [0.15, 0.2) is 18.3 Å². The lowest BCUT2D eigenvalue weighted by Gasteiger charge is -2.07. The zero-order valence-electron chi connectivity index (χ0n) is 12.7. The number of benzene rings is 1. The fourth-order valence-electron chi connectivity index (χ4n) is 2.82. The number of carboxylic acids is 1. The number of hydrogen-bond donors (Lipinski definition) is 2. The van der Waals surface area contributed by atoms with Gasteiger partial charge in [-0.05, 0) is 49.4 Å². The number of aromatic nitrogens is 1. The highest BCUT2D eigenvalue weighted by atomic mass is 16.4. The molecule has 0 saturated heterocycles. The van der Waals surface area contributed by atoms with E-state index in [-0.39, 0.29) is 6.61 Å². The maximum atomic E-state index is 11.3. The fraction of sp³-hybridized carbons (Fsp3) is 0.471. The van der Waals surface area contributed by atoms with Crippen molar-refractivity contribution in [2.45, 2.75) is 46.1 Å². The summed E-state index contributed by atoms with van der Waals surface area (Å²) in [7, 11) is 0. The third kappa shape index (κ3) is 3.27. The van der Waals surface area contributed by atoms with Gasteiger partial charge in [-0.15, -0.1) is 0 Å². The number of aliphatic hydroxyl groups is 1. The van der Waals surface area contributed by atoms with Gasteiger partial charge in [0.15, 0.2) is 0 Å². The summed E-state index contributed by atoms with van der Waals surface area (Å²) >= 11 is 0. The molecule has 2 N–H and O–H groups in total. The van der Waals surface area contributed by atoms with Crippen molar-refractivity contribution in [2.24, 2.45) is 0 Å². The molecule has 0 saturated carbocycles. The molecule has 0 radical (unpaired) electrons. The zero-order chi connectivity index (χ0) is 15.4. The average molecular weight is 289 g/mol. The first-order valence-corrected chi connectivity index (χ1v) is 7.55. The van der Waals surface area contributed by atoms with Crippen LogP contribution >= 0.6 is 0 Å². The van der Waals surface area contributed by atoms with Crippen molar-refractivity contribution in [1.82, 2.24) is 4.57 Å². The van der Waals surface area contributed by atoms with Crippen LogP contribution in [0.3, 0.4) is 0 Å². The molecule has 1 aromatic heterocycles. The summed E-state index contributed by atoms with van der Waals surface area (Å²) in [6.45, 7) is 5.22. The van der Waals surface area contributed by atoms with Crippen LogP contribution in [-0.2, 0) is 13.0 Å². The Labute approximate surface area is 125 Å². The van der Waals surface area contributed by atoms with E-state index in [1.807, 2.05) is 6.92 Å². The summed E-state index contributed by atoms with van der Waals surface area (Å²) in [5, 5.41) is 19.3. The van der Waals surface area contributed by atoms with E-state index in [9.17, 15) is 9.90 Å². The third-order valence-electron chi connectivity index (χ3n) is 3.85. The molecule has 1 aromatic carbocycles. The number of carbonyl (C=O) groups is 1. The topological polar surface area (TPSA) is 62.5 Å². The van der Waals surface area contributed by atoms with Gasteiger partial charge in [0.05, 0.1) is 11.1 Å². The van der Waals surface area contributed by atoms with E-state index < -0.39 is 5.97 Å². The molecule has 0 fully saturated rings. The van der Waals surface area contributed by atoms with Crippen LogP contribution in [0.1, 0.15) is 47.7 Å². The lowest BCUT2D eigenvalue weighted by atomic mass is 10.0. The van der Waals surface area contributed by atoms with Crippen LogP contribution in [0.4, 0.5) is 0 Å². The molecule has 0 amide bonds. The number of hydrogen-bond acceptors (Lipinski definition) is 2. The summed E-state index contributed by atoms with van der Waals surface area (Å²) in [6.07, 6.45) is 5.81. The molecule has 114 valence electrons. The van der Waals surface area contributed by atoms with Crippen LogP contribution in [0.25, 0.3) is 10.9 Å². The molecule has 0 bridgehead atoms. The molecule has 0 aliphatic heterocycles. The highest BCUT2D eigenvalue weighted by molar-refractivity contribution is 5.96. The van der Waals surface area contributed by atoms with Gasteiger partial charge in [0.1, 0.15) is 0 Å². The first-order valence-electron chi connectivity index (χ1n) is 7.55. The van der Waals surface area contributed by atoms with E-state index in [4.69, 9.17) is 5.11 Å². The number of fused-ring (bicyclic) bond motifs is 1. The minimum Gasteiger partial charge on any atom is -0.478 e. The molecule has 21 heavy (non-hydrogen) atoms. The van der Waals surface area contributed by atoms with Crippen LogP contribution < -0.4 is 0 Å². The van der Waals surface area contributed by atoms with Crippen LogP contribution in [0.5, 0.6) is 0 Å². The largest absolute Gasteiger partial charge is 0.478 e. The number of aliphatic hydroxyl groups excluding tert-OH is 1. The van der Waals surface area contributed by atoms with Crippen molar-refractivity contribution >= 4 is 16.9 Å². The molecular weight excluding hydrogens is 266 g/mol. The second-order valence-electron chi connectivity index (χ2n) is 5.52. The number of nitrogens with zero attached hydrogens (tertiary/aromatic N) is 1. The Morgan fingerprint density at radius 1 is 1.29 bits per heavy atom. The first-order chi connectivity index (χ1) is 10.1. The van der Waals surface area contributed by atoms with Gasteiger partial charge in [-0.2, -0.15) is 0 Å². The maximum Gasteiger partial charge on any atom is 0.335 e. The third-order valence-corrected chi connectivity index (χ3v) is 3.85. The molecule has 4 nitrogen and oxygen atoms in total.